The fourth-order valence-corrected chi connectivity index (χ4v) is 2.72. The summed E-state index contributed by atoms with van der Waals surface area (Å²) in [6.45, 7) is 0.101. The molecule has 0 aliphatic rings. The molecule has 33 heavy (non-hydrogen) atoms. The molecule has 0 spiro atoms. The van der Waals surface area contributed by atoms with Crippen molar-refractivity contribution in [3.8, 4) is 0 Å². The number of carbonyl (C=O) groups is 2. The summed E-state index contributed by atoms with van der Waals surface area (Å²) in [5.74, 6) is 9.90. The third-order valence-corrected chi connectivity index (χ3v) is 4.48. The van der Waals surface area contributed by atoms with Gasteiger partial charge in [-0.25, -0.2) is 10.2 Å². The number of likely N-dealkylation sites (N-methyl/N-ethyl adjacent to an activating group) is 1. The summed E-state index contributed by atoms with van der Waals surface area (Å²) in [5.41, 5.74) is 6.94. The highest BCUT2D eigenvalue weighted by Gasteiger charge is 2.11. The summed E-state index contributed by atoms with van der Waals surface area (Å²) < 4.78 is 14.1. The average molecular weight is 458 g/mol. The number of nitrogens with one attached hydrogen (secondary N) is 2. The van der Waals surface area contributed by atoms with Crippen LogP contribution in [0.3, 0.4) is 0 Å². The van der Waals surface area contributed by atoms with Gasteiger partial charge < -0.3 is 27.2 Å². The van der Waals surface area contributed by atoms with E-state index < -0.39 is 18.0 Å². The van der Waals surface area contributed by atoms with Gasteiger partial charge in [0.05, 0.1) is 18.3 Å². The van der Waals surface area contributed by atoms with Crippen LogP contribution in [-0.2, 0) is 16.1 Å². The number of pyridine rings is 1. The van der Waals surface area contributed by atoms with Gasteiger partial charge in [0.2, 0.25) is 0 Å². The molecule has 0 aliphatic heterocycles. The van der Waals surface area contributed by atoms with Crippen molar-refractivity contribution in [2.45, 2.75) is 19.1 Å². The minimum Gasteiger partial charge on any atom is -0.393 e. The predicted molar refractivity (Wildman–Crippen MR) is 125 cm³/mol. The van der Waals surface area contributed by atoms with Crippen LogP contribution in [0.4, 0.5) is 4.39 Å². The molecule has 0 saturated heterocycles. The molecule has 1 aromatic carbocycles. The van der Waals surface area contributed by atoms with Crippen LogP contribution < -0.4 is 28.1 Å². The smallest absolute Gasteiger partial charge is 0.273 e. The van der Waals surface area contributed by atoms with Crippen LogP contribution in [0.25, 0.3) is 10.9 Å². The number of aliphatic imine (C=N–C) groups is 1. The van der Waals surface area contributed by atoms with Crippen molar-refractivity contribution in [3.05, 3.63) is 54.0 Å². The van der Waals surface area contributed by atoms with Crippen LogP contribution >= 0.6 is 0 Å². The molecule has 0 fully saturated rings. The average Bonchev–Trinajstić information content (AvgIpc) is 2.83. The minimum absolute atomic E-state index is 0.0294. The number of fused-ring (bicyclic) bond motifs is 1. The first-order valence-corrected chi connectivity index (χ1v) is 10.1. The number of alkyl halides is 1. The van der Waals surface area contributed by atoms with Crippen LogP contribution in [0.1, 0.15) is 12.0 Å². The molecule has 8 N–H and O–H groups in total. The standard InChI is InChI=1S/C21H28FN9O2/c1-26-20(32)17(23)13-31(25)7-6-16(22)11-27-12-19(30-24)21(33)29-10-14-8-15-4-2-3-5-18(15)28-9-14/h2-5,8-9,12-13,16H,6-7,10-11,23-25H2,1H3,(H,26,32)(H,29,33)/b17-13-,27-12?,30-19?. The van der Waals surface area contributed by atoms with Gasteiger partial charge in [-0.3, -0.25) is 19.6 Å². The maximum Gasteiger partial charge on any atom is 0.273 e. The van der Waals surface area contributed by atoms with E-state index in [1.807, 2.05) is 30.3 Å². The number of aromatic nitrogens is 1. The van der Waals surface area contributed by atoms with Gasteiger partial charge in [-0.1, -0.05) is 18.2 Å². The zero-order valence-electron chi connectivity index (χ0n) is 18.2. The lowest BCUT2D eigenvalue weighted by Crippen LogP contribution is -2.33. The Labute approximate surface area is 190 Å². The molecule has 1 atom stereocenters. The highest BCUT2D eigenvalue weighted by Crippen LogP contribution is 2.12. The molecule has 1 aromatic heterocycles. The van der Waals surface area contributed by atoms with Gasteiger partial charge in [0.25, 0.3) is 11.8 Å². The number of nitrogens with two attached hydrogens (primary N) is 3. The van der Waals surface area contributed by atoms with Crippen LogP contribution in [0.5, 0.6) is 0 Å². The molecule has 11 nitrogen and oxygen atoms in total. The number of nitrogens with zero attached hydrogens (tertiary/aromatic N) is 4. The Morgan fingerprint density at radius 1 is 1.30 bits per heavy atom. The van der Waals surface area contributed by atoms with E-state index in [1.165, 1.54) is 13.2 Å². The first-order chi connectivity index (χ1) is 15.8. The molecular formula is C21H28FN9O2. The van der Waals surface area contributed by atoms with E-state index in [4.69, 9.17) is 17.4 Å². The highest BCUT2D eigenvalue weighted by atomic mass is 19.1. The summed E-state index contributed by atoms with van der Waals surface area (Å²) in [6.07, 6.45) is 2.68. The highest BCUT2D eigenvalue weighted by molar-refractivity contribution is 6.60. The Hall–Kier alpha value is -4.06. The molecule has 2 amide bonds. The monoisotopic (exact) mass is 457 g/mol. The van der Waals surface area contributed by atoms with Gasteiger partial charge in [-0.05, 0) is 24.1 Å². The van der Waals surface area contributed by atoms with Crippen LogP contribution in [-0.4, -0.2) is 60.0 Å². The molecule has 1 heterocycles. The Morgan fingerprint density at radius 2 is 2.06 bits per heavy atom. The second kappa shape index (κ2) is 12.7. The fourth-order valence-electron chi connectivity index (χ4n) is 2.72. The van der Waals surface area contributed by atoms with Gasteiger partial charge >= 0.3 is 0 Å². The second-order valence-corrected chi connectivity index (χ2v) is 7.01. The number of para-hydroxylation sites is 1. The Morgan fingerprint density at radius 3 is 2.79 bits per heavy atom. The fraction of sp³-hybridized carbons (Fsp3) is 0.286. The van der Waals surface area contributed by atoms with Crippen molar-refractivity contribution in [2.24, 2.45) is 27.5 Å². The van der Waals surface area contributed by atoms with Gasteiger partial charge in [-0.2, -0.15) is 5.10 Å². The Bertz CT molecular complexity index is 1050. The molecule has 0 aliphatic carbocycles. The summed E-state index contributed by atoms with van der Waals surface area (Å²) in [7, 11) is 1.43. The molecule has 2 aromatic rings. The van der Waals surface area contributed by atoms with E-state index in [1.54, 1.807) is 6.20 Å². The molecule has 0 saturated carbocycles. The first-order valence-electron chi connectivity index (χ1n) is 10.1. The SMILES string of the molecule is CNC(=O)/C(N)=C/N(N)CCC(F)CN=CC(=NN)C(=O)NCc1cnc2ccccc2c1. The number of halogens is 1. The first kappa shape index (κ1) is 25.2. The number of benzene rings is 1. The van der Waals surface area contributed by atoms with Crippen LogP contribution in [0, 0.1) is 0 Å². The largest absolute Gasteiger partial charge is 0.393 e. The van der Waals surface area contributed by atoms with Crippen LogP contribution in [0.2, 0.25) is 0 Å². The molecular weight excluding hydrogens is 429 g/mol. The summed E-state index contributed by atoms with van der Waals surface area (Å²) >= 11 is 0. The lowest BCUT2D eigenvalue weighted by atomic mass is 10.1. The van der Waals surface area contributed by atoms with Crippen molar-refractivity contribution in [3.63, 3.8) is 0 Å². The number of hydrazine groups is 1. The number of carbonyl (C=O) groups excluding carboxylic acids is 2. The lowest BCUT2D eigenvalue weighted by molar-refractivity contribution is -0.117. The van der Waals surface area contributed by atoms with E-state index in [0.29, 0.717) is 0 Å². The number of amides is 2. The second-order valence-electron chi connectivity index (χ2n) is 7.01. The van der Waals surface area contributed by atoms with E-state index in [2.05, 4.69) is 25.7 Å². The number of hydrogen-bond donors (Lipinski definition) is 5. The molecule has 176 valence electrons. The summed E-state index contributed by atoms with van der Waals surface area (Å²) in [4.78, 5) is 31.8. The topological polar surface area (TPSA) is 177 Å². The van der Waals surface area contributed by atoms with Crippen molar-refractivity contribution in [2.75, 3.05) is 20.1 Å². The van der Waals surface area contributed by atoms with Crippen molar-refractivity contribution in [1.29, 1.82) is 0 Å². The van der Waals surface area contributed by atoms with Gasteiger partial charge in [-0.15, -0.1) is 0 Å². The number of rotatable bonds is 11. The van der Waals surface area contributed by atoms with Gasteiger partial charge in [0, 0.05) is 37.9 Å². The zero-order chi connectivity index (χ0) is 24.2. The number of hydrazone groups is 1. The molecule has 2 rings (SSSR count). The van der Waals surface area contributed by atoms with Gasteiger partial charge in [0.15, 0.2) is 5.71 Å². The molecule has 1 unspecified atom stereocenters. The quantitative estimate of drug-likeness (QED) is 0.133. The van der Waals surface area contributed by atoms with E-state index in [9.17, 15) is 14.0 Å². The lowest BCUT2D eigenvalue weighted by Gasteiger charge is -2.15. The third kappa shape index (κ3) is 8.18. The van der Waals surface area contributed by atoms with E-state index in [0.717, 1.165) is 27.7 Å². The third-order valence-electron chi connectivity index (χ3n) is 4.48. The molecule has 0 radical (unpaired) electrons. The van der Waals surface area contributed by atoms with Crippen molar-refractivity contribution in [1.82, 2.24) is 20.6 Å². The van der Waals surface area contributed by atoms with E-state index in [-0.39, 0.29) is 37.5 Å². The zero-order valence-corrected chi connectivity index (χ0v) is 18.2. The Kier molecular flexibility index (Phi) is 9.71. The Balaban J connectivity index is 1.79. The molecule has 0 bridgehead atoms. The van der Waals surface area contributed by atoms with Crippen LogP contribution in [0.15, 0.2) is 58.5 Å². The number of hydrogen-bond acceptors (Lipinski definition) is 9. The van der Waals surface area contributed by atoms with Crippen molar-refractivity contribution < 1.29 is 14.0 Å². The summed E-state index contributed by atoms with van der Waals surface area (Å²) in [5, 5.41) is 10.5. The van der Waals surface area contributed by atoms with Crippen molar-refractivity contribution >= 4 is 34.6 Å². The maximum atomic E-state index is 14.1. The maximum absolute atomic E-state index is 14.1. The minimum atomic E-state index is -1.34. The van der Waals surface area contributed by atoms with E-state index >= 15 is 0 Å². The summed E-state index contributed by atoms with van der Waals surface area (Å²) in [6, 6.07) is 9.55. The normalized spacial score (nSPS) is 13.2. The molecule has 12 heteroatoms. The predicted octanol–water partition coefficient (Wildman–Crippen LogP) is -0.313. The van der Waals surface area contributed by atoms with Gasteiger partial charge in [0.1, 0.15) is 11.9 Å².